The molecule has 52 valence electrons. The summed E-state index contributed by atoms with van der Waals surface area (Å²) in [5, 5.41) is 2.85. The predicted octanol–water partition coefficient (Wildman–Crippen LogP) is -0.292. The first-order valence-electron chi connectivity index (χ1n) is 3.31. The molecule has 0 spiro atoms. The van der Waals surface area contributed by atoms with Crippen LogP contribution < -0.4 is 5.32 Å². The topological polar surface area (TPSA) is 29.1 Å². The van der Waals surface area contributed by atoms with Crippen LogP contribution in [0.1, 0.15) is 19.3 Å². The summed E-state index contributed by atoms with van der Waals surface area (Å²) in [6.45, 7) is 0.888. The van der Waals surface area contributed by atoms with E-state index >= 15 is 0 Å². The summed E-state index contributed by atoms with van der Waals surface area (Å²) >= 11 is 1.70. The number of nitrogens with one attached hydrogen (secondary N) is 1. The van der Waals surface area contributed by atoms with Crippen LogP contribution in [0.3, 0.4) is 0 Å². The van der Waals surface area contributed by atoms with Gasteiger partial charge in [0.2, 0.25) is 0 Å². The van der Waals surface area contributed by atoms with Gasteiger partial charge < -0.3 is 0 Å². The molecule has 1 aliphatic rings. The van der Waals surface area contributed by atoms with Crippen molar-refractivity contribution in [2.75, 3.05) is 6.54 Å². The SMILES string of the molecule is O=C1C[C@@H]([AsH2])CCCN1. The summed E-state index contributed by atoms with van der Waals surface area (Å²) in [5.74, 6) is 0.238. The fourth-order valence-corrected chi connectivity index (χ4v) is 1.95. The molecule has 0 aromatic carbocycles. The van der Waals surface area contributed by atoms with E-state index in [-0.39, 0.29) is 5.91 Å². The molecule has 0 aromatic rings. The van der Waals surface area contributed by atoms with E-state index in [1.165, 1.54) is 6.42 Å². The van der Waals surface area contributed by atoms with E-state index in [4.69, 9.17) is 0 Å². The molecule has 9 heavy (non-hydrogen) atoms. The van der Waals surface area contributed by atoms with Crippen molar-refractivity contribution < 1.29 is 4.79 Å². The average molecular weight is 189 g/mol. The van der Waals surface area contributed by atoms with Crippen molar-refractivity contribution in [2.24, 2.45) is 0 Å². The Kier molecular flexibility index (Phi) is 2.59. The molecule has 3 heteroatoms. The molecule has 1 heterocycles. The fraction of sp³-hybridized carbons (Fsp3) is 0.833. The van der Waals surface area contributed by atoms with E-state index in [1.807, 2.05) is 0 Å². The molecule has 0 radical (unpaired) electrons. The molecule has 1 unspecified atom stereocenters. The predicted molar refractivity (Wildman–Crippen MR) is 39.2 cm³/mol. The van der Waals surface area contributed by atoms with Crippen LogP contribution in [0.5, 0.6) is 0 Å². The number of rotatable bonds is 0. The van der Waals surface area contributed by atoms with E-state index in [0.29, 0.717) is 4.71 Å². The Morgan fingerprint density at radius 2 is 2.44 bits per heavy atom. The van der Waals surface area contributed by atoms with Crippen molar-refractivity contribution >= 4 is 22.8 Å². The second kappa shape index (κ2) is 3.26. The standard InChI is InChI=1S/C6H12AsNO/c7-5-2-1-3-8-6(9)4-5/h5H,1-4,7H2,(H,8,9)/t5-/m0/s1. The van der Waals surface area contributed by atoms with Crippen LogP contribution in [0.4, 0.5) is 0 Å². The fourth-order valence-electron chi connectivity index (χ4n) is 1.00. The van der Waals surface area contributed by atoms with E-state index in [9.17, 15) is 4.79 Å². The van der Waals surface area contributed by atoms with Crippen LogP contribution in [0.2, 0.25) is 4.71 Å². The summed E-state index contributed by atoms with van der Waals surface area (Å²) in [6, 6.07) is 0. The molecule has 2 nitrogen and oxygen atoms in total. The first kappa shape index (κ1) is 7.14. The van der Waals surface area contributed by atoms with E-state index in [1.54, 1.807) is 16.9 Å². The van der Waals surface area contributed by atoms with E-state index in [2.05, 4.69) is 5.32 Å². The van der Waals surface area contributed by atoms with Crippen molar-refractivity contribution in [3.05, 3.63) is 0 Å². The molecule has 1 N–H and O–H groups in total. The zero-order valence-corrected chi connectivity index (χ0v) is 7.81. The molecule has 1 rings (SSSR count). The maximum atomic E-state index is 10.8. The average Bonchev–Trinajstić information content (AvgIpc) is 1.93. The van der Waals surface area contributed by atoms with Crippen LogP contribution in [0.25, 0.3) is 0 Å². The van der Waals surface area contributed by atoms with Gasteiger partial charge in [-0.25, -0.2) is 0 Å². The van der Waals surface area contributed by atoms with Crippen molar-refractivity contribution in [3.8, 4) is 0 Å². The number of carbonyl (C=O) groups excluding carboxylic acids is 1. The molecule has 0 bridgehead atoms. The molecule has 0 aromatic heterocycles. The zero-order chi connectivity index (χ0) is 6.69. The van der Waals surface area contributed by atoms with Crippen LogP contribution in [0, 0.1) is 0 Å². The first-order chi connectivity index (χ1) is 4.29. The number of hydrogen-bond acceptors (Lipinski definition) is 1. The minimum atomic E-state index is 0.238. The van der Waals surface area contributed by atoms with Gasteiger partial charge in [0.15, 0.2) is 0 Å². The maximum absolute atomic E-state index is 10.8. The third-order valence-corrected chi connectivity index (χ3v) is 2.72. The molecule has 1 saturated heterocycles. The molecule has 1 aliphatic heterocycles. The van der Waals surface area contributed by atoms with Crippen LogP contribution in [-0.2, 0) is 4.79 Å². The Morgan fingerprint density at radius 1 is 1.67 bits per heavy atom. The normalized spacial score (nSPS) is 29.0. The zero-order valence-electron chi connectivity index (χ0n) is 5.39. The first-order valence-corrected chi connectivity index (χ1v) is 4.71. The second-order valence-corrected chi connectivity index (χ2v) is 4.43. The van der Waals surface area contributed by atoms with Crippen LogP contribution in [-0.4, -0.2) is 29.3 Å². The van der Waals surface area contributed by atoms with E-state index in [0.717, 1.165) is 19.4 Å². The van der Waals surface area contributed by atoms with Crippen LogP contribution in [0.15, 0.2) is 0 Å². The summed E-state index contributed by atoms with van der Waals surface area (Å²) < 4.78 is 0.653. The van der Waals surface area contributed by atoms with Gasteiger partial charge in [0.05, 0.1) is 0 Å². The van der Waals surface area contributed by atoms with Crippen LogP contribution >= 0.6 is 0 Å². The van der Waals surface area contributed by atoms with Gasteiger partial charge in [-0.3, -0.25) is 0 Å². The number of amides is 1. The molecule has 2 atom stereocenters. The molecule has 0 aliphatic carbocycles. The van der Waals surface area contributed by atoms with Gasteiger partial charge in [0.1, 0.15) is 0 Å². The van der Waals surface area contributed by atoms with Gasteiger partial charge in [0.25, 0.3) is 0 Å². The summed E-state index contributed by atoms with van der Waals surface area (Å²) in [7, 11) is 0. The molecule has 0 saturated carbocycles. The molecular formula is C6H12AsNO. The third kappa shape index (κ3) is 2.40. The third-order valence-electron chi connectivity index (χ3n) is 1.52. The van der Waals surface area contributed by atoms with Gasteiger partial charge in [-0.05, 0) is 0 Å². The molecular weight excluding hydrogens is 177 g/mol. The minimum absolute atomic E-state index is 0.238. The summed E-state index contributed by atoms with van der Waals surface area (Å²) in [5.41, 5.74) is 0. The van der Waals surface area contributed by atoms with Gasteiger partial charge in [-0.1, -0.05) is 0 Å². The Bertz CT molecular complexity index is 116. The van der Waals surface area contributed by atoms with Gasteiger partial charge in [0, 0.05) is 0 Å². The molecule has 1 amide bonds. The molecule has 1 fully saturated rings. The van der Waals surface area contributed by atoms with Gasteiger partial charge in [-0.15, -0.1) is 0 Å². The van der Waals surface area contributed by atoms with Crippen molar-refractivity contribution in [2.45, 2.75) is 24.0 Å². The Labute approximate surface area is 63.9 Å². The van der Waals surface area contributed by atoms with Gasteiger partial charge >= 0.3 is 63.4 Å². The Balaban J connectivity index is 2.37. The van der Waals surface area contributed by atoms with Gasteiger partial charge in [-0.2, -0.15) is 0 Å². The summed E-state index contributed by atoms with van der Waals surface area (Å²) in [6.07, 6.45) is 3.13. The van der Waals surface area contributed by atoms with E-state index < -0.39 is 0 Å². The number of hydrogen-bond donors (Lipinski definition) is 1. The Morgan fingerprint density at radius 3 is 3.22 bits per heavy atom. The quantitative estimate of drug-likeness (QED) is 0.521. The monoisotopic (exact) mass is 189 g/mol. The van der Waals surface area contributed by atoms with Crippen molar-refractivity contribution in [1.82, 2.24) is 5.32 Å². The Hall–Kier alpha value is 0.0284. The number of carbonyl (C=O) groups is 1. The van der Waals surface area contributed by atoms with Crippen molar-refractivity contribution in [1.29, 1.82) is 0 Å². The van der Waals surface area contributed by atoms with Crippen molar-refractivity contribution in [3.63, 3.8) is 0 Å². The summed E-state index contributed by atoms with van der Waals surface area (Å²) in [4.78, 5) is 10.8. The second-order valence-electron chi connectivity index (χ2n) is 2.46.